The first kappa shape index (κ1) is 12.8. The maximum atomic E-state index is 11.8. The van der Waals surface area contributed by atoms with Crippen molar-refractivity contribution < 1.29 is 4.79 Å². The summed E-state index contributed by atoms with van der Waals surface area (Å²) in [6.07, 6.45) is 4.42. The summed E-state index contributed by atoms with van der Waals surface area (Å²) < 4.78 is 0. The van der Waals surface area contributed by atoms with Crippen LogP contribution in [0.3, 0.4) is 0 Å². The van der Waals surface area contributed by atoms with Crippen LogP contribution < -0.4 is 5.32 Å². The Bertz CT molecular complexity index is 389. The van der Waals surface area contributed by atoms with Gasteiger partial charge in [0.05, 0.1) is 5.38 Å². The molecule has 1 aliphatic rings. The number of hydrogen-bond donors (Lipinski definition) is 1. The zero-order valence-electron chi connectivity index (χ0n) is 9.78. The maximum Gasteiger partial charge on any atom is 0.251 e. The summed E-state index contributed by atoms with van der Waals surface area (Å²) in [6.45, 7) is 0.565. The number of nitrogens with one attached hydrogen (secondary N) is 1. The van der Waals surface area contributed by atoms with Gasteiger partial charge in [-0.2, -0.15) is 0 Å². The van der Waals surface area contributed by atoms with Gasteiger partial charge in [0.15, 0.2) is 0 Å². The molecule has 1 amide bonds. The zero-order chi connectivity index (χ0) is 12.3. The molecule has 0 spiro atoms. The first-order valence-electron chi connectivity index (χ1n) is 5.77. The predicted molar refractivity (Wildman–Crippen MR) is 72.9 cm³/mol. The first-order chi connectivity index (χ1) is 8.20. The fourth-order valence-corrected chi connectivity index (χ4v) is 2.40. The van der Waals surface area contributed by atoms with E-state index in [9.17, 15) is 4.79 Å². The molecule has 1 N–H and O–H groups in total. The van der Waals surface area contributed by atoms with Crippen molar-refractivity contribution in [1.82, 2.24) is 5.32 Å². The van der Waals surface area contributed by atoms with Gasteiger partial charge in [-0.3, -0.25) is 4.79 Å². The minimum Gasteiger partial charge on any atom is -0.351 e. The summed E-state index contributed by atoms with van der Waals surface area (Å²) in [5.74, 6) is 0.569. The quantitative estimate of drug-likeness (QED) is 0.657. The van der Waals surface area contributed by atoms with Crippen LogP contribution in [-0.2, 0) is 0 Å². The minimum atomic E-state index is -0.0380. The minimum absolute atomic E-state index is 0.0380. The molecule has 1 aliphatic carbocycles. The van der Waals surface area contributed by atoms with Gasteiger partial charge in [0.2, 0.25) is 0 Å². The van der Waals surface area contributed by atoms with Crippen LogP contribution in [0.5, 0.6) is 0 Å². The van der Waals surface area contributed by atoms with Gasteiger partial charge in [-0.1, -0.05) is 0 Å². The van der Waals surface area contributed by atoms with Crippen LogP contribution in [0.15, 0.2) is 29.2 Å². The molecule has 1 saturated carbocycles. The van der Waals surface area contributed by atoms with Crippen LogP contribution in [0.25, 0.3) is 0 Å². The number of halogens is 1. The predicted octanol–water partition coefficient (Wildman–Crippen LogP) is 3.16. The molecule has 0 aromatic heterocycles. The van der Waals surface area contributed by atoms with Crippen molar-refractivity contribution in [3.8, 4) is 0 Å². The Morgan fingerprint density at radius 2 is 2.12 bits per heavy atom. The van der Waals surface area contributed by atoms with Gasteiger partial charge in [-0.05, 0) is 49.3 Å². The van der Waals surface area contributed by atoms with E-state index in [-0.39, 0.29) is 11.3 Å². The van der Waals surface area contributed by atoms with Crippen molar-refractivity contribution in [3.05, 3.63) is 29.8 Å². The van der Waals surface area contributed by atoms with Gasteiger partial charge in [0.25, 0.3) is 5.91 Å². The van der Waals surface area contributed by atoms with Gasteiger partial charge in [-0.25, -0.2) is 0 Å². The van der Waals surface area contributed by atoms with E-state index < -0.39 is 0 Å². The van der Waals surface area contributed by atoms with Crippen LogP contribution >= 0.6 is 23.4 Å². The van der Waals surface area contributed by atoms with Crippen molar-refractivity contribution in [2.24, 2.45) is 5.92 Å². The van der Waals surface area contributed by atoms with Crippen molar-refractivity contribution in [2.45, 2.75) is 23.1 Å². The van der Waals surface area contributed by atoms with Crippen molar-refractivity contribution >= 4 is 29.3 Å². The lowest BCUT2D eigenvalue weighted by molar-refractivity contribution is 0.0953. The average molecular weight is 270 g/mol. The Hall–Kier alpha value is -0.670. The molecule has 1 atom stereocenters. The van der Waals surface area contributed by atoms with E-state index in [1.165, 1.54) is 12.8 Å². The molecule has 0 saturated heterocycles. The average Bonchev–Trinajstić information content (AvgIpc) is 3.20. The SMILES string of the molecule is CSc1ccc(C(=O)NCC(Cl)C2CC2)cc1. The third-order valence-corrected chi connectivity index (χ3v) is 4.20. The topological polar surface area (TPSA) is 29.1 Å². The van der Waals surface area contributed by atoms with E-state index in [2.05, 4.69) is 5.32 Å². The lowest BCUT2D eigenvalue weighted by atomic mass is 10.2. The number of alkyl halides is 1. The molecule has 2 rings (SSSR count). The van der Waals surface area contributed by atoms with Gasteiger partial charge >= 0.3 is 0 Å². The zero-order valence-corrected chi connectivity index (χ0v) is 11.4. The molecule has 0 heterocycles. The molecule has 17 heavy (non-hydrogen) atoms. The van der Waals surface area contributed by atoms with Crippen molar-refractivity contribution in [1.29, 1.82) is 0 Å². The fourth-order valence-electron chi connectivity index (χ4n) is 1.66. The molecule has 92 valence electrons. The van der Waals surface area contributed by atoms with E-state index in [4.69, 9.17) is 11.6 Å². The van der Waals surface area contributed by atoms with E-state index >= 15 is 0 Å². The second-order valence-corrected chi connectivity index (χ2v) is 5.73. The molecule has 4 heteroatoms. The molecule has 1 aromatic rings. The third kappa shape index (κ3) is 3.65. The fraction of sp³-hybridized carbons (Fsp3) is 0.462. The third-order valence-electron chi connectivity index (χ3n) is 2.94. The Labute approximate surface area is 111 Å². The van der Waals surface area contributed by atoms with Gasteiger partial charge < -0.3 is 5.32 Å². The van der Waals surface area contributed by atoms with Crippen LogP contribution in [0.2, 0.25) is 0 Å². The molecule has 2 nitrogen and oxygen atoms in total. The molecular formula is C13H16ClNOS. The molecule has 1 unspecified atom stereocenters. The van der Waals surface area contributed by atoms with Crippen LogP contribution in [-0.4, -0.2) is 24.1 Å². The Kier molecular flexibility index (Phi) is 4.35. The van der Waals surface area contributed by atoms with Gasteiger partial charge in [-0.15, -0.1) is 23.4 Å². The van der Waals surface area contributed by atoms with Gasteiger partial charge in [0, 0.05) is 17.0 Å². The highest BCUT2D eigenvalue weighted by atomic mass is 35.5. The van der Waals surface area contributed by atoms with Crippen molar-refractivity contribution in [2.75, 3.05) is 12.8 Å². The summed E-state index contributed by atoms with van der Waals surface area (Å²) in [4.78, 5) is 13.0. The molecule has 0 aliphatic heterocycles. The maximum absolute atomic E-state index is 11.8. The van der Waals surface area contributed by atoms with Crippen LogP contribution in [0, 0.1) is 5.92 Å². The van der Waals surface area contributed by atoms with Crippen molar-refractivity contribution in [3.63, 3.8) is 0 Å². The van der Waals surface area contributed by atoms with E-state index in [0.29, 0.717) is 18.0 Å². The first-order valence-corrected chi connectivity index (χ1v) is 7.43. The van der Waals surface area contributed by atoms with E-state index in [0.717, 1.165) is 4.90 Å². The normalized spacial score (nSPS) is 16.6. The number of thioether (sulfide) groups is 1. The number of amides is 1. The number of carbonyl (C=O) groups excluding carboxylic acids is 1. The lowest BCUT2D eigenvalue weighted by Crippen LogP contribution is -2.30. The molecule has 1 fully saturated rings. The number of carbonyl (C=O) groups is 1. The number of rotatable bonds is 5. The highest BCUT2D eigenvalue weighted by molar-refractivity contribution is 7.98. The largest absolute Gasteiger partial charge is 0.351 e. The van der Waals surface area contributed by atoms with E-state index in [1.807, 2.05) is 30.5 Å². The summed E-state index contributed by atoms with van der Waals surface area (Å²) >= 11 is 7.81. The van der Waals surface area contributed by atoms with Gasteiger partial charge in [0.1, 0.15) is 0 Å². The van der Waals surface area contributed by atoms with Crippen LogP contribution in [0.4, 0.5) is 0 Å². The smallest absolute Gasteiger partial charge is 0.251 e. The number of benzene rings is 1. The second kappa shape index (κ2) is 5.78. The Balaban J connectivity index is 1.85. The van der Waals surface area contributed by atoms with Crippen LogP contribution in [0.1, 0.15) is 23.2 Å². The molecular weight excluding hydrogens is 254 g/mol. The summed E-state index contributed by atoms with van der Waals surface area (Å²) in [7, 11) is 0. The van der Waals surface area contributed by atoms with E-state index in [1.54, 1.807) is 11.8 Å². The Morgan fingerprint density at radius 3 is 2.65 bits per heavy atom. The summed E-state index contributed by atoms with van der Waals surface area (Å²) in [5.41, 5.74) is 0.697. The molecule has 0 radical (unpaired) electrons. The Morgan fingerprint density at radius 1 is 1.47 bits per heavy atom. The summed E-state index contributed by atoms with van der Waals surface area (Å²) in [5, 5.41) is 2.97. The monoisotopic (exact) mass is 269 g/mol. The summed E-state index contributed by atoms with van der Waals surface area (Å²) in [6, 6.07) is 7.61. The number of hydrogen-bond acceptors (Lipinski definition) is 2. The second-order valence-electron chi connectivity index (χ2n) is 4.29. The standard InChI is InChI=1S/C13H16ClNOS/c1-17-11-6-4-10(5-7-11)13(16)15-8-12(14)9-2-3-9/h4-7,9,12H,2-3,8H2,1H3,(H,15,16). The highest BCUT2D eigenvalue weighted by Crippen LogP contribution is 2.35. The molecule has 0 bridgehead atoms. The highest BCUT2D eigenvalue weighted by Gasteiger charge is 2.29. The lowest BCUT2D eigenvalue weighted by Gasteiger charge is -2.09. The molecule has 1 aromatic carbocycles.